The van der Waals surface area contributed by atoms with Gasteiger partial charge in [0, 0.05) is 13.1 Å². The van der Waals surface area contributed by atoms with Crippen molar-refractivity contribution in [2.75, 3.05) is 13.1 Å². The number of nitrogens with zero attached hydrogens (tertiary/aromatic N) is 1. The van der Waals surface area contributed by atoms with Crippen LogP contribution in [0.4, 0.5) is 0 Å². The molecule has 6 heteroatoms. The summed E-state index contributed by atoms with van der Waals surface area (Å²) < 4.78 is 27.9. The van der Waals surface area contributed by atoms with Crippen LogP contribution in [0.25, 0.3) is 0 Å². The third-order valence-electron chi connectivity index (χ3n) is 4.01. The first-order chi connectivity index (χ1) is 12.0. The van der Waals surface area contributed by atoms with Gasteiger partial charge < -0.3 is 4.90 Å². The molecule has 2 aromatic rings. The van der Waals surface area contributed by atoms with Gasteiger partial charge in [-0.1, -0.05) is 48.5 Å². The number of hydrogen-bond donors (Lipinski definition) is 1. The van der Waals surface area contributed by atoms with Crippen LogP contribution < -0.4 is 4.72 Å². The van der Waals surface area contributed by atoms with Gasteiger partial charge in [-0.3, -0.25) is 4.79 Å². The maximum absolute atomic E-state index is 12.8. The summed E-state index contributed by atoms with van der Waals surface area (Å²) in [4.78, 5) is 14.6. The molecule has 0 aliphatic rings. The van der Waals surface area contributed by atoms with Crippen molar-refractivity contribution in [1.82, 2.24) is 9.62 Å². The highest BCUT2D eigenvalue weighted by molar-refractivity contribution is 7.89. The zero-order chi connectivity index (χ0) is 18.3. The van der Waals surface area contributed by atoms with Gasteiger partial charge in [-0.15, -0.1) is 0 Å². The lowest BCUT2D eigenvalue weighted by molar-refractivity contribution is -0.132. The number of rotatable bonds is 8. The predicted octanol–water partition coefficient (Wildman–Crippen LogP) is 2.44. The van der Waals surface area contributed by atoms with Gasteiger partial charge in [0.1, 0.15) is 6.04 Å². The van der Waals surface area contributed by atoms with Crippen molar-refractivity contribution >= 4 is 15.9 Å². The van der Waals surface area contributed by atoms with Gasteiger partial charge in [0.25, 0.3) is 0 Å². The van der Waals surface area contributed by atoms with Crippen molar-refractivity contribution in [2.24, 2.45) is 0 Å². The minimum absolute atomic E-state index is 0.153. The molecule has 1 N–H and O–H groups in total. The van der Waals surface area contributed by atoms with E-state index in [-0.39, 0.29) is 10.8 Å². The second-order valence-electron chi connectivity index (χ2n) is 5.69. The molecule has 0 bridgehead atoms. The number of carbonyl (C=O) groups excluding carboxylic acids is 1. The quantitative estimate of drug-likeness (QED) is 0.786. The Morgan fingerprint density at radius 2 is 1.48 bits per heavy atom. The molecule has 0 aliphatic heterocycles. The molecule has 25 heavy (non-hydrogen) atoms. The van der Waals surface area contributed by atoms with Crippen molar-refractivity contribution in [2.45, 2.75) is 31.2 Å². The van der Waals surface area contributed by atoms with Crippen LogP contribution in [0.2, 0.25) is 0 Å². The Labute approximate surface area is 149 Å². The summed E-state index contributed by atoms with van der Waals surface area (Å²) in [6.45, 7) is 4.83. The average Bonchev–Trinajstić information content (AvgIpc) is 2.63. The Hall–Kier alpha value is -2.18. The topological polar surface area (TPSA) is 66.5 Å². The van der Waals surface area contributed by atoms with Gasteiger partial charge in [-0.25, -0.2) is 8.42 Å². The van der Waals surface area contributed by atoms with Crippen molar-refractivity contribution < 1.29 is 13.2 Å². The summed E-state index contributed by atoms with van der Waals surface area (Å²) >= 11 is 0. The maximum atomic E-state index is 12.8. The molecule has 1 atom stereocenters. The number of hydrogen-bond acceptors (Lipinski definition) is 3. The summed E-state index contributed by atoms with van der Waals surface area (Å²) in [7, 11) is -3.77. The van der Waals surface area contributed by atoms with Crippen molar-refractivity contribution in [3.63, 3.8) is 0 Å². The molecule has 2 rings (SSSR count). The molecule has 0 fully saturated rings. The Morgan fingerprint density at radius 1 is 0.960 bits per heavy atom. The van der Waals surface area contributed by atoms with Gasteiger partial charge in [0.05, 0.1) is 4.90 Å². The van der Waals surface area contributed by atoms with Crippen LogP contribution in [0.3, 0.4) is 0 Å². The van der Waals surface area contributed by atoms with Crippen molar-refractivity contribution in [3.05, 3.63) is 66.2 Å². The molecule has 134 valence electrons. The summed E-state index contributed by atoms with van der Waals surface area (Å²) in [6.07, 6.45) is 0.308. The van der Waals surface area contributed by atoms with E-state index in [0.717, 1.165) is 5.56 Å². The molecule has 5 nitrogen and oxygen atoms in total. The largest absolute Gasteiger partial charge is 0.342 e. The van der Waals surface area contributed by atoms with Crippen LogP contribution in [-0.4, -0.2) is 38.4 Å². The second kappa shape index (κ2) is 8.78. The molecule has 0 aromatic heterocycles. The highest BCUT2D eigenvalue weighted by atomic mass is 32.2. The fourth-order valence-electron chi connectivity index (χ4n) is 2.64. The average molecular weight is 360 g/mol. The number of benzene rings is 2. The Morgan fingerprint density at radius 3 is 2.00 bits per heavy atom. The standard InChI is InChI=1S/C19H24N2O3S/c1-3-21(4-2)19(22)18(15-16-11-7-5-8-12-16)20-25(23,24)17-13-9-6-10-14-17/h5-14,18,20H,3-4,15H2,1-2H3. The molecule has 1 unspecified atom stereocenters. The lowest BCUT2D eigenvalue weighted by Crippen LogP contribution is -2.49. The molecule has 0 radical (unpaired) electrons. The molecule has 0 aliphatic carbocycles. The van der Waals surface area contributed by atoms with Gasteiger partial charge in [-0.05, 0) is 38.0 Å². The summed E-state index contributed by atoms with van der Waals surface area (Å²) in [6, 6.07) is 16.7. The van der Waals surface area contributed by atoms with Gasteiger partial charge >= 0.3 is 0 Å². The van der Waals surface area contributed by atoms with Gasteiger partial charge in [0.2, 0.25) is 15.9 Å². The SMILES string of the molecule is CCN(CC)C(=O)C(Cc1ccccc1)NS(=O)(=O)c1ccccc1. The highest BCUT2D eigenvalue weighted by Gasteiger charge is 2.28. The molecular weight excluding hydrogens is 336 g/mol. The molecule has 0 spiro atoms. The van der Waals surface area contributed by atoms with Crippen LogP contribution in [0.5, 0.6) is 0 Å². The smallest absolute Gasteiger partial charge is 0.241 e. The first-order valence-electron chi connectivity index (χ1n) is 8.38. The fraction of sp³-hybridized carbons (Fsp3) is 0.316. The number of sulfonamides is 1. The summed E-state index contributed by atoms with van der Waals surface area (Å²) in [5, 5.41) is 0. The van der Waals surface area contributed by atoms with E-state index in [2.05, 4.69) is 4.72 Å². The first-order valence-corrected chi connectivity index (χ1v) is 9.86. The zero-order valence-electron chi connectivity index (χ0n) is 14.6. The normalized spacial score (nSPS) is 12.6. The van der Waals surface area contributed by atoms with Crippen LogP contribution >= 0.6 is 0 Å². The Balaban J connectivity index is 2.29. The van der Waals surface area contributed by atoms with E-state index in [1.165, 1.54) is 12.1 Å². The van der Waals surface area contributed by atoms with E-state index in [4.69, 9.17) is 0 Å². The molecule has 2 aromatic carbocycles. The lowest BCUT2D eigenvalue weighted by Gasteiger charge is -2.26. The maximum Gasteiger partial charge on any atom is 0.241 e. The van der Waals surface area contributed by atoms with Crippen LogP contribution in [0.15, 0.2) is 65.6 Å². The number of likely N-dealkylation sites (N-methyl/N-ethyl adjacent to an activating group) is 1. The van der Waals surface area contributed by atoms with Crippen LogP contribution in [0.1, 0.15) is 19.4 Å². The van der Waals surface area contributed by atoms with E-state index in [1.807, 2.05) is 44.2 Å². The van der Waals surface area contributed by atoms with Crippen LogP contribution in [0, 0.1) is 0 Å². The number of nitrogens with one attached hydrogen (secondary N) is 1. The van der Waals surface area contributed by atoms with E-state index < -0.39 is 16.1 Å². The van der Waals surface area contributed by atoms with E-state index in [0.29, 0.717) is 19.5 Å². The minimum atomic E-state index is -3.77. The molecular formula is C19H24N2O3S. The van der Waals surface area contributed by atoms with Crippen LogP contribution in [-0.2, 0) is 21.2 Å². The molecule has 0 saturated carbocycles. The minimum Gasteiger partial charge on any atom is -0.342 e. The Bertz CT molecular complexity index is 773. The fourth-order valence-corrected chi connectivity index (χ4v) is 3.85. The van der Waals surface area contributed by atoms with E-state index in [9.17, 15) is 13.2 Å². The summed E-state index contributed by atoms with van der Waals surface area (Å²) in [5.74, 6) is -0.214. The lowest BCUT2D eigenvalue weighted by atomic mass is 10.1. The van der Waals surface area contributed by atoms with Crippen molar-refractivity contribution in [1.29, 1.82) is 0 Å². The zero-order valence-corrected chi connectivity index (χ0v) is 15.4. The number of amides is 1. The third kappa shape index (κ3) is 5.14. The van der Waals surface area contributed by atoms with E-state index >= 15 is 0 Å². The van der Waals surface area contributed by atoms with Crippen molar-refractivity contribution in [3.8, 4) is 0 Å². The summed E-state index contributed by atoms with van der Waals surface area (Å²) in [5.41, 5.74) is 0.906. The first kappa shape index (κ1) is 19.1. The molecule has 0 heterocycles. The van der Waals surface area contributed by atoms with Gasteiger partial charge in [-0.2, -0.15) is 4.72 Å². The third-order valence-corrected chi connectivity index (χ3v) is 5.49. The number of carbonyl (C=O) groups is 1. The van der Waals surface area contributed by atoms with Gasteiger partial charge in [0.15, 0.2) is 0 Å². The molecule has 1 amide bonds. The molecule has 0 saturated heterocycles. The Kier molecular flexibility index (Phi) is 6.73. The predicted molar refractivity (Wildman–Crippen MR) is 98.6 cm³/mol. The second-order valence-corrected chi connectivity index (χ2v) is 7.40. The highest BCUT2D eigenvalue weighted by Crippen LogP contribution is 2.12. The monoisotopic (exact) mass is 360 g/mol. The van der Waals surface area contributed by atoms with E-state index in [1.54, 1.807) is 23.1 Å².